The Morgan fingerprint density at radius 2 is 2.05 bits per heavy atom. The van der Waals surface area contributed by atoms with E-state index in [1.54, 1.807) is 31.3 Å². The number of halogens is 1. The van der Waals surface area contributed by atoms with Gasteiger partial charge in [0.15, 0.2) is 0 Å². The molecule has 0 radical (unpaired) electrons. The second-order valence-corrected chi connectivity index (χ2v) is 5.17. The van der Waals surface area contributed by atoms with Gasteiger partial charge in [-0.1, -0.05) is 17.7 Å². The van der Waals surface area contributed by atoms with Crippen LogP contribution < -0.4 is 10.2 Å². The van der Waals surface area contributed by atoms with E-state index in [1.165, 1.54) is 0 Å². The molecule has 2 rings (SSSR count). The van der Waals surface area contributed by atoms with E-state index in [4.69, 9.17) is 11.6 Å². The molecule has 0 aliphatic heterocycles. The summed E-state index contributed by atoms with van der Waals surface area (Å²) in [7, 11) is 3.51. The Kier molecular flexibility index (Phi) is 4.70. The van der Waals surface area contributed by atoms with Crippen LogP contribution in [0.25, 0.3) is 0 Å². The fourth-order valence-corrected chi connectivity index (χ4v) is 2.24. The SMILES string of the molecule is CNC(=O)c1cccc(N(C)Cc2cc(O)ccc2Cl)c1. The number of hydrogen-bond acceptors (Lipinski definition) is 3. The Hall–Kier alpha value is -2.20. The number of nitrogens with zero attached hydrogens (tertiary/aromatic N) is 1. The number of amides is 1. The minimum atomic E-state index is -0.124. The number of rotatable bonds is 4. The van der Waals surface area contributed by atoms with Crippen molar-refractivity contribution in [2.24, 2.45) is 0 Å². The molecule has 0 aliphatic carbocycles. The first-order valence-corrected chi connectivity index (χ1v) is 6.89. The summed E-state index contributed by atoms with van der Waals surface area (Å²) >= 11 is 6.13. The molecule has 0 fully saturated rings. The van der Waals surface area contributed by atoms with Gasteiger partial charge in [0, 0.05) is 36.9 Å². The van der Waals surface area contributed by atoms with Crippen molar-refractivity contribution in [1.82, 2.24) is 5.32 Å². The van der Waals surface area contributed by atoms with Crippen LogP contribution in [0.4, 0.5) is 5.69 Å². The summed E-state index contributed by atoms with van der Waals surface area (Å²) in [6, 6.07) is 12.2. The Labute approximate surface area is 129 Å². The molecule has 5 heteroatoms. The normalized spacial score (nSPS) is 10.2. The molecule has 4 nitrogen and oxygen atoms in total. The Morgan fingerprint density at radius 3 is 2.76 bits per heavy atom. The van der Waals surface area contributed by atoms with Gasteiger partial charge in [-0.05, 0) is 42.0 Å². The van der Waals surface area contributed by atoms with Crippen molar-refractivity contribution in [2.75, 3.05) is 19.0 Å². The number of hydrogen-bond donors (Lipinski definition) is 2. The fourth-order valence-electron chi connectivity index (χ4n) is 2.06. The molecule has 2 aromatic carbocycles. The average molecular weight is 305 g/mol. The third-order valence-corrected chi connectivity index (χ3v) is 3.58. The maximum Gasteiger partial charge on any atom is 0.251 e. The third-order valence-electron chi connectivity index (χ3n) is 3.21. The van der Waals surface area contributed by atoms with Crippen LogP contribution in [0.5, 0.6) is 5.75 Å². The van der Waals surface area contributed by atoms with E-state index in [0.29, 0.717) is 17.1 Å². The quantitative estimate of drug-likeness (QED) is 0.913. The molecular formula is C16H17ClN2O2. The first-order valence-electron chi connectivity index (χ1n) is 6.52. The van der Waals surface area contributed by atoms with Gasteiger partial charge in [0.05, 0.1) is 0 Å². The summed E-state index contributed by atoms with van der Waals surface area (Å²) < 4.78 is 0. The average Bonchev–Trinajstić information content (AvgIpc) is 2.50. The van der Waals surface area contributed by atoms with E-state index in [0.717, 1.165) is 11.3 Å². The van der Waals surface area contributed by atoms with Crippen molar-refractivity contribution in [2.45, 2.75) is 6.54 Å². The van der Waals surface area contributed by atoms with Gasteiger partial charge >= 0.3 is 0 Å². The highest BCUT2D eigenvalue weighted by atomic mass is 35.5. The summed E-state index contributed by atoms with van der Waals surface area (Å²) in [5, 5.41) is 12.7. The van der Waals surface area contributed by atoms with E-state index in [9.17, 15) is 9.90 Å². The first-order chi connectivity index (χ1) is 10.0. The lowest BCUT2D eigenvalue weighted by molar-refractivity contribution is 0.0963. The van der Waals surface area contributed by atoms with E-state index in [1.807, 2.05) is 30.1 Å². The molecule has 0 bridgehead atoms. The molecule has 0 aromatic heterocycles. The molecule has 2 N–H and O–H groups in total. The van der Waals surface area contributed by atoms with Gasteiger partial charge in [-0.25, -0.2) is 0 Å². The number of aromatic hydroxyl groups is 1. The van der Waals surface area contributed by atoms with Crippen LogP contribution in [0, 0.1) is 0 Å². The topological polar surface area (TPSA) is 52.6 Å². The zero-order valence-corrected chi connectivity index (χ0v) is 12.7. The molecule has 21 heavy (non-hydrogen) atoms. The Balaban J connectivity index is 2.22. The molecule has 0 heterocycles. The molecule has 0 saturated carbocycles. The van der Waals surface area contributed by atoms with Crippen molar-refractivity contribution in [3.05, 3.63) is 58.6 Å². The lowest BCUT2D eigenvalue weighted by Crippen LogP contribution is -2.20. The molecule has 0 aliphatic rings. The Morgan fingerprint density at radius 1 is 1.29 bits per heavy atom. The van der Waals surface area contributed by atoms with Gasteiger partial charge < -0.3 is 15.3 Å². The van der Waals surface area contributed by atoms with Gasteiger partial charge in [0.25, 0.3) is 5.91 Å². The number of anilines is 1. The van der Waals surface area contributed by atoms with Gasteiger partial charge in [0.2, 0.25) is 0 Å². The number of nitrogens with one attached hydrogen (secondary N) is 1. The van der Waals surface area contributed by atoms with Crippen LogP contribution in [-0.2, 0) is 6.54 Å². The Bertz CT molecular complexity index is 658. The van der Waals surface area contributed by atoms with Crippen molar-refractivity contribution in [1.29, 1.82) is 0 Å². The molecule has 0 spiro atoms. The van der Waals surface area contributed by atoms with Crippen molar-refractivity contribution >= 4 is 23.2 Å². The monoisotopic (exact) mass is 304 g/mol. The zero-order chi connectivity index (χ0) is 15.4. The summed E-state index contributed by atoms with van der Waals surface area (Å²) in [6.45, 7) is 0.532. The minimum Gasteiger partial charge on any atom is -0.508 e. The fraction of sp³-hybridized carbons (Fsp3) is 0.188. The van der Waals surface area contributed by atoms with Crippen LogP contribution in [0.2, 0.25) is 5.02 Å². The third kappa shape index (κ3) is 3.67. The van der Waals surface area contributed by atoms with Crippen LogP contribution in [0.1, 0.15) is 15.9 Å². The molecule has 0 unspecified atom stereocenters. The van der Waals surface area contributed by atoms with Gasteiger partial charge in [-0.15, -0.1) is 0 Å². The predicted molar refractivity (Wildman–Crippen MR) is 85.1 cm³/mol. The minimum absolute atomic E-state index is 0.124. The molecule has 0 saturated heterocycles. The summed E-state index contributed by atoms with van der Waals surface area (Å²) in [4.78, 5) is 13.6. The number of phenolic OH excluding ortho intramolecular Hbond substituents is 1. The lowest BCUT2D eigenvalue weighted by atomic mass is 10.1. The van der Waals surface area contributed by atoms with E-state index in [-0.39, 0.29) is 11.7 Å². The molecule has 2 aromatic rings. The van der Waals surface area contributed by atoms with Crippen molar-refractivity contribution in [3.63, 3.8) is 0 Å². The number of carbonyl (C=O) groups excluding carboxylic acids is 1. The molecule has 1 amide bonds. The van der Waals surface area contributed by atoms with Crippen molar-refractivity contribution in [3.8, 4) is 5.75 Å². The lowest BCUT2D eigenvalue weighted by Gasteiger charge is -2.20. The highest BCUT2D eigenvalue weighted by Crippen LogP contribution is 2.24. The maximum absolute atomic E-state index is 11.7. The maximum atomic E-state index is 11.7. The first kappa shape index (κ1) is 15.2. The molecule has 0 atom stereocenters. The zero-order valence-electron chi connectivity index (χ0n) is 11.9. The smallest absolute Gasteiger partial charge is 0.251 e. The van der Waals surface area contributed by atoms with Gasteiger partial charge in [0.1, 0.15) is 5.75 Å². The standard InChI is InChI=1S/C16H17ClN2O2/c1-18-16(21)11-4-3-5-13(8-11)19(2)10-12-9-14(20)6-7-15(12)17/h3-9,20H,10H2,1-2H3,(H,18,21). The largest absolute Gasteiger partial charge is 0.508 e. The molecule has 110 valence electrons. The number of phenols is 1. The highest BCUT2D eigenvalue weighted by Gasteiger charge is 2.09. The van der Waals surface area contributed by atoms with Crippen molar-refractivity contribution < 1.29 is 9.90 Å². The summed E-state index contributed by atoms with van der Waals surface area (Å²) in [5.74, 6) is 0.0579. The van der Waals surface area contributed by atoms with Crippen LogP contribution in [0.15, 0.2) is 42.5 Å². The van der Waals surface area contributed by atoms with Crippen LogP contribution >= 0.6 is 11.6 Å². The van der Waals surface area contributed by atoms with E-state index >= 15 is 0 Å². The number of carbonyl (C=O) groups is 1. The van der Waals surface area contributed by atoms with Gasteiger partial charge in [-0.3, -0.25) is 4.79 Å². The summed E-state index contributed by atoms with van der Waals surface area (Å²) in [6.07, 6.45) is 0. The van der Waals surface area contributed by atoms with Crippen LogP contribution in [-0.4, -0.2) is 25.1 Å². The highest BCUT2D eigenvalue weighted by molar-refractivity contribution is 6.31. The summed E-state index contributed by atoms with van der Waals surface area (Å²) in [5.41, 5.74) is 2.32. The second kappa shape index (κ2) is 6.50. The van der Waals surface area contributed by atoms with E-state index < -0.39 is 0 Å². The van der Waals surface area contributed by atoms with E-state index in [2.05, 4.69) is 5.32 Å². The van der Waals surface area contributed by atoms with Gasteiger partial charge in [-0.2, -0.15) is 0 Å². The second-order valence-electron chi connectivity index (χ2n) is 4.76. The number of benzene rings is 2. The predicted octanol–water partition coefficient (Wildman–Crippen LogP) is 3.04. The van der Waals surface area contributed by atoms with Crippen LogP contribution in [0.3, 0.4) is 0 Å². The molecular weight excluding hydrogens is 288 g/mol.